The van der Waals surface area contributed by atoms with Gasteiger partial charge < -0.3 is 9.64 Å². The van der Waals surface area contributed by atoms with E-state index in [1.165, 1.54) is 0 Å². The minimum Gasteiger partial charge on any atom is -0.497 e. The second-order valence-corrected chi connectivity index (χ2v) is 3.89. The van der Waals surface area contributed by atoms with Crippen molar-refractivity contribution in [1.29, 1.82) is 0 Å². The van der Waals surface area contributed by atoms with Gasteiger partial charge in [-0.3, -0.25) is 4.79 Å². The zero-order chi connectivity index (χ0) is 12.1. The third-order valence-corrected chi connectivity index (χ3v) is 2.61. The molecule has 0 aliphatic carbocycles. The molecule has 0 saturated carbocycles. The van der Waals surface area contributed by atoms with Crippen LogP contribution in [0.5, 0.6) is 0 Å². The number of hydrogen-bond donors (Lipinski definition) is 0. The zero-order valence-electron chi connectivity index (χ0n) is 9.93. The van der Waals surface area contributed by atoms with Gasteiger partial charge in [-0.25, -0.2) is 4.98 Å². The van der Waals surface area contributed by atoms with Gasteiger partial charge in [0.05, 0.1) is 6.54 Å². The average molecular weight is 232 g/mol. The van der Waals surface area contributed by atoms with Gasteiger partial charge in [0.2, 0.25) is 0 Å². The number of pyridine rings is 1. The minimum absolute atomic E-state index is 0.109. The number of carbonyl (C=O) groups excluding carboxylic acids is 1. The molecule has 0 spiro atoms. The minimum atomic E-state index is 0.109. The quantitative estimate of drug-likeness (QED) is 0.797. The highest BCUT2D eigenvalue weighted by Crippen LogP contribution is 2.20. The fourth-order valence-electron chi connectivity index (χ4n) is 1.79. The molecule has 2 rings (SSSR count). The molecule has 4 nitrogen and oxygen atoms in total. The van der Waals surface area contributed by atoms with Crippen molar-refractivity contribution < 1.29 is 9.53 Å². The molecule has 0 saturated heterocycles. The molecule has 1 aromatic heterocycles. The van der Waals surface area contributed by atoms with Crippen molar-refractivity contribution in [2.75, 3.05) is 18.1 Å². The normalized spacial score (nSPS) is 15.1. The summed E-state index contributed by atoms with van der Waals surface area (Å²) in [6.45, 7) is 3.24. The monoisotopic (exact) mass is 232 g/mol. The fourth-order valence-corrected chi connectivity index (χ4v) is 1.79. The Morgan fingerprint density at radius 3 is 3.12 bits per heavy atom. The van der Waals surface area contributed by atoms with Crippen molar-refractivity contribution in [2.24, 2.45) is 0 Å². The average Bonchev–Trinajstić information content (AvgIpc) is 2.40. The summed E-state index contributed by atoms with van der Waals surface area (Å²) in [7, 11) is 0. The SMILES string of the molecule is CCCC(=O)C1=COCCN1c1ccccn1. The van der Waals surface area contributed by atoms with Crippen LogP contribution in [0.25, 0.3) is 0 Å². The van der Waals surface area contributed by atoms with Crippen LogP contribution in [0.4, 0.5) is 5.82 Å². The summed E-state index contributed by atoms with van der Waals surface area (Å²) in [6.07, 6.45) is 4.66. The Bertz CT molecular complexity index is 415. The second-order valence-electron chi connectivity index (χ2n) is 3.89. The van der Waals surface area contributed by atoms with Gasteiger partial charge in [0.1, 0.15) is 24.4 Å². The van der Waals surface area contributed by atoms with Gasteiger partial charge in [-0.15, -0.1) is 0 Å². The molecule has 17 heavy (non-hydrogen) atoms. The highest BCUT2D eigenvalue weighted by Gasteiger charge is 2.22. The van der Waals surface area contributed by atoms with Crippen molar-refractivity contribution in [2.45, 2.75) is 19.8 Å². The van der Waals surface area contributed by atoms with Crippen molar-refractivity contribution in [3.05, 3.63) is 36.4 Å². The Balaban J connectivity index is 2.23. The molecule has 2 heterocycles. The number of anilines is 1. The Morgan fingerprint density at radius 2 is 2.41 bits per heavy atom. The highest BCUT2D eigenvalue weighted by molar-refractivity contribution is 5.98. The lowest BCUT2D eigenvalue weighted by Crippen LogP contribution is -2.34. The smallest absolute Gasteiger partial charge is 0.182 e. The maximum atomic E-state index is 12.0. The van der Waals surface area contributed by atoms with E-state index in [1.54, 1.807) is 12.5 Å². The van der Waals surface area contributed by atoms with E-state index in [0.29, 0.717) is 25.3 Å². The van der Waals surface area contributed by atoms with E-state index in [1.807, 2.05) is 30.0 Å². The van der Waals surface area contributed by atoms with E-state index >= 15 is 0 Å². The van der Waals surface area contributed by atoms with E-state index in [9.17, 15) is 4.79 Å². The Kier molecular flexibility index (Phi) is 3.75. The van der Waals surface area contributed by atoms with Crippen LogP contribution in [0, 0.1) is 0 Å². The first kappa shape index (κ1) is 11.6. The number of carbonyl (C=O) groups is 1. The number of ketones is 1. The molecule has 0 aromatic carbocycles. The second kappa shape index (κ2) is 5.48. The van der Waals surface area contributed by atoms with Crippen LogP contribution >= 0.6 is 0 Å². The number of nitrogens with zero attached hydrogens (tertiary/aromatic N) is 2. The maximum Gasteiger partial charge on any atom is 0.182 e. The van der Waals surface area contributed by atoms with E-state index in [-0.39, 0.29) is 5.78 Å². The van der Waals surface area contributed by atoms with Gasteiger partial charge in [-0.2, -0.15) is 0 Å². The largest absolute Gasteiger partial charge is 0.497 e. The highest BCUT2D eigenvalue weighted by atomic mass is 16.5. The number of ether oxygens (including phenoxy) is 1. The molecule has 0 amide bonds. The number of hydrogen-bond acceptors (Lipinski definition) is 4. The summed E-state index contributed by atoms with van der Waals surface area (Å²) in [5.74, 6) is 0.907. The lowest BCUT2D eigenvalue weighted by molar-refractivity contribution is -0.116. The van der Waals surface area contributed by atoms with E-state index in [0.717, 1.165) is 12.2 Å². The number of allylic oxidation sites excluding steroid dienone is 1. The van der Waals surface area contributed by atoms with Gasteiger partial charge in [0.15, 0.2) is 5.78 Å². The summed E-state index contributed by atoms with van der Waals surface area (Å²) in [4.78, 5) is 18.2. The molecule has 90 valence electrons. The number of rotatable bonds is 4. The van der Waals surface area contributed by atoms with Crippen LogP contribution in [-0.2, 0) is 9.53 Å². The first-order valence-corrected chi connectivity index (χ1v) is 5.86. The maximum absolute atomic E-state index is 12.0. The first-order valence-electron chi connectivity index (χ1n) is 5.86. The van der Waals surface area contributed by atoms with Crippen LogP contribution in [0.2, 0.25) is 0 Å². The molecular formula is C13H16N2O2. The summed E-state index contributed by atoms with van der Waals surface area (Å²) in [5, 5.41) is 0. The molecule has 1 aliphatic rings. The lowest BCUT2D eigenvalue weighted by Gasteiger charge is -2.28. The van der Waals surface area contributed by atoms with Crippen molar-refractivity contribution in [1.82, 2.24) is 4.98 Å². The Labute approximate surface area is 101 Å². The molecule has 4 heteroatoms. The standard InChI is InChI=1S/C13H16N2O2/c1-2-5-12(16)11-10-17-9-8-15(11)13-6-3-4-7-14-13/h3-4,6-7,10H,2,5,8-9H2,1H3. The Morgan fingerprint density at radius 1 is 1.53 bits per heavy atom. The Hall–Kier alpha value is -1.84. The molecule has 0 radical (unpaired) electrons. The van der Waals surface area contributed by atoms with Crippen LogP contribution in [0.3, 0.4) is 0 Å². The molecular weight excluding hydrogens is 216 g/mol. The molecule has 0 unspecified atom stereocenters. The molecule has 0 N–H and O–H groups in total. The summed E-state index contributed by atoms with van der Waals surface area (Å²) >= 11 is 0. The number of aromatic nitrogens is 1. The summed E-state index contributed by atoms with van der Waals surface area (Å²) in [6, 6.07) is 5.68. The molecule has 1 aliphatic heterocycles. The van der Waals surface area contributed by atoms with Gasteiger partial charge in [-0.05, 0) is 18.6 Å². The summed E-state index contributed by atoms with van der Waals surface area (Å²) in [5.41, 5.74) is 0.608. The van der Waals surface area contributed by atoms with Crippen LogP contribution in [-0.4, -0.2) is 23.9 Å². The topological polar surface area (TPSA) is 42.4 Å². The van der Waals surface area contributed by atoms with Gasteiger partial charge in [0.25, 0.3) is 0 Å². The first-order chi connectivity index (χ1) is 8.33. The van der Waals surface area contributed by atoms with Crippen molar-refractivity contribution >= 4 is 11.6 Å². The van der Waals surface area contributed by atoms with Crippen LogP contribution in [0.15, 0.2) is 36.4 Å². The predicted octanol–water partition coefficient (Wildman–Crippen LogP) is 2.13. The number of Topliss-reactive ketones (excluding diaryl/α,β-unsaturated/α-hetero) is 1. The van der Waals surface area contributed by atoms with Crippen molar-refractivity contribution in [3.8, 4) is 0 Å². The fraction of sp³-hybridized carbons (Fsp3) is 0.385. The molecule has 0 bridgehead atoms. The molecule has 1 aromatic rings. The van der Waals surface area contributed by atoms with E-state index < -0.39 is 0 Å². The van der Waals surface area contributed by atoms with Gasteiger partial charge in [0, 0.05) is 12.6 Å². The molecule has 0 atom stereocenters. The third-order valence-electron chi connectivity index (χ3n) is 2.61. The van der Waals surface area contributed by atoms with Crippen LogP contribution in [0.1, 0.15) is 19.8 Å². The zero-order valence-corrected chi connectivity index (χ0v) is 9.93. The third kappa shape index (κ3) is 2.64. The predicted molar refractivity (Wildman–Crippen MR) is 65.5 cm³/mol. The van der Waals surface area contributed by atoms with Gasteiger partial charge >= 0.3 is 0 Å². The van der Waals surface area contributed by atoms with Gasteiger partial charge in [-0.1, -0.05) is 13.0 Å². The van der Waals surface area contributed by atoms with E-state index in [4.69, 9.17) is 4.74 Å². The van der Waals surface area contributed by atoms with E-state index in [2.05, 4.69) is 4.98 Å². The molecule has 0 fully saturated rings. The summed E-state index contributed by atoms with van der Waals surface area (Å²) < 4.78 is 5.25. The lowest BCUT2D eigenvalue weighted by atomic mass is 10.1. The van der Waals surface area contributed by atoms with Crippen LogP contribution < -0.4 is 4.90 Å². The van der Waals surface area contributed by atoms with Crippen molar-refractivity contribution in [3.63, 3.8) is 0 Å².